The first-order valence-corrected chi connectivity index (χ1v) is 7.82. The standard InChI is InChI=1S/C16H23F2N3/c17-13-5-1-6-14(18)16(13)15(10-19)21-9-3-8-20-7-2-4-12(20)11-21/h1,5-6,12,15H,2-4,7-11,19H2. The van der Waals surface area contributed by atoms with Crippen LogP contribution in [-0.4, -0.2) is 48.6 Å². The Hall–Kier alpha value is -1.04. The number of fused-ring (bicyclic) bond motifs is 1. The van der Waals surface area contributed by atoms with Crippen LogP contribution < -0.4 is 5.73 Å². The second-order valence-corrected chi connectivity index (χ2v) is 6.07. The average Bonchev–Trinajstić information content (AvgIpc) is 2.81. The van der Waals surface area contributed by atoms with Crippen LogP contribution in [0.1, 0.15) is 30.9 Å². The highest BCUT2D eigenvalue weighted by Crippen LogP contribution is 2.29. The van der Waals surface area contributed by atoms with Crippen LogP contribution in [0, 0.1) is 11.6 Å². The van der Waals surface area contributed by atoms with E-state index in [-0.39, 0.29) is 18.2 Å². The highest BCUT2D eigenvalue weighted by atomic mass is 19.1. The first-order valence-electron chi connectivity index (χ1n) is 7.82. The Morgan fingerprint density at radius 2 is 1.86 bits per heavy atom. The van der Waals surface area contributed by atoms with E-state index in [9.17, 15) is 8.78 Å². The van der Waals surface area contributed by atoms with Gasteiger partial charge in [-0.3, -0.25) is 9.80 Å². The topological polar surface area (TPSA) is 32.5 Å². The van der Waals surface area contributed by atoms with Gasteiger partial charge >= 0.3 is 0 Å². The van der Waals surface area contributed by atoms with Crippen LogP contribution in [0.3, 0.4) is 0 Å². The van der Waals surface area contributed by atoms with Crippen LogP contribution in [0.2, 0.25) is 0 Å². The maximum Gasteiger partial charge on any atom is 0.130 e. The zero-order valence-corrected chi connectivity index (χ0v) is 12.3. The molecule has 2 heterocycles. The maximum atomic E-state index is 14.1. The molecule has 2 atom stereocenters. The third-order valence-electron chi connectivity index (χ3n) is 4.83. The van der Waals surface area contributed by atoms with Gasteiger partial charge in [0.05, 0.1) is 6.04 Å². The number of hydrogen-bond donors (Lipinski definition) is 1. The average molecular weight is 295 g/mol. The van der Waals surface area contributed by atoms with Gasteiger partial charge in [-0.15, -0.1) is 0 Å². The van der Waals surface area contributed by atoms with Crippen LogP contribution in [-0.2, 0) is 0 Å². The third-order valence-corrected chi connectivity index (χ3v) is 4.83. The quantitative estimate of drug-likeness (QED) is 0.927. The molecule has 2 aliphatic rings. The molecule has 2 unspecified atom stereocenters. The molecule has 5 heteroatoms. The summed E-state index contributed by atoms with van der Waals surface area (Å²) in [7, 11) is 0. The molecule has 3 rings (SSSR count). The van der Waals surface area contributed by atoms with E-state index in [2.05, 4.69) is 9.80 Å². The van der Waals surface area contributed by atoms with Gasteiger partial charge in [0, 0.05) is 31.2 Å². The van der Waals surface area contributed by atoms with Crippen LogP contribution in [0.15, 0.2) is 18.2 Å². The van der Waals surface area contributed by atoms with Crippen LogP contribution in [0.25, 0.3) is 0 Å². The largest absolute Gasteiger partial charge is 0.329 e. The Kier molecular flexibility index (Phi) is 4.52. The Balaban J connectivity index is 1.85. The zero-order chi connectivity index (χ0) is 14.8. The maximum absolute atomic E-state index is 14.1. The molecule has 2 saturated heterocycles. The summed E-state index contributed by atoms with van der Waals surface area (Å²) in [6.45, 7) is 4.18. The molecule has 0 saturated carbocycles. The van der Waals surface area contributed by atoms with E-state index in [4.69, 9.17) is 5.73 Å². The fraction of sp³-hybridized carbons (Fsp3) is 0.625. The lowest BCUT2D eigenvalue weighted by molar-refractivity contribution is 0.170. The first-order chi connectivity index (χ1) is 10.2. The smallest absolute Gasteiger partial charge is 0.130 e. The van der Waals surface area contributed by atoms with Crippen molar-refractivity contribution in [2.45, 2.75) is 31.3 Å². The molecule has 1 aromatic rings. The number of hydrogen-bond acceptors (Lipinski definition) is 3. The molecule has 0 bridgehead atoms. The minimum atomic E-state index is -0.488. The lowest BCUT2D eigenvalue weighted by Gasteiger charge is -2.32. The Bertz CT molecular complexity index is 474. The molecular formula is C16H23F2N3. The van der Waals surface area contributed by atoms with Gasteiger partial charge < -0.3 is 5.73 Å². The zero-order valence-electron chi connectivity index (χ0n) is 12.3. The Morgan fingerprint density at radius 3 is 2.57 bits per heavy atom. The van der Waals surface area contributed by atoms with Crippen molar-refractivity contribution >= 4 is 0 Å². The molecule has 0 amide bonds. The summed E-state index contributed by atoms with van der Waals surface area (Å²) in [5.41, 5.74) is 6.00. The number of nitrogens with two attached hydrogens (primary N) is 1. The van der Waals surface area contributed by atoms with Crippen LogP contribution in [0.4, 0.5) is 8.78 Å². The summed E-state index contributed by atoms with van der Waals surface area (Å²) >= 11 is 0. The van der Waals surface area contributed by atoms with Gasteiger partial charge in [0.25, 0.3) is 0 Å². The van der Waals surface area contributed by atoms with E-state index in [1.807, 2.05) is 0 Å². The molecule has 0 radical (unpaired) electrons. The summed E-state index contributed by atoms with van der Waals surface area (Å²) in [6, 6.07) is 4.19. The third kappa shape index (κ3) is 2.96. The van der Waals surface area contributed by atoms with Crippen molar-refractivity contribution in [3.05, 3.63) is 35.4 Å². The molecule has 0 spiro atoms. The predicted molar refractivity (Wildman–Crippen MR) is 78.9 cm³/mol. The number of nitrogens with zero attached hydrogens (tertiary/aromatic N) is 2. The van der Waals surface area contributed by atoms with Crippen LogP contribution in [0.5, 0.6) is 0 Å². The van der Waals surface area contributed by atoms with E-state index < -0.39 is 11.6 Å². The molecule has 2 fully saturated rings. The van der Waals surface area contributed by atoms with Crippen molar-refractivity contribution in [2.24, 2.45) is 5.73 Å². The molecule has 2 aliphatic heterocycles. The molecule has 116 valence electrons. The molecule has 3 nitrogen and oxygen atoms in total. The molecule has 0 aliphatic carbocycles. The van der Waals surface area contributed by atoms with Gasteiger partial charge in [0.2, 0.25) is 0 Å². The SMILES string of the molecule is NCC(c1c(F)cccc1F)N1CCCN2CCCC2C1. The molecule has 21 heavy (non-hydrogen) atoms. The molecule has 2 N–H and O–H groups in total. The fourth-order valence-electron chi connectivity index (χ4n) is 3.80. The second kappa shape index (κ2) is 6.38. The fourth-order valence-corrected chi connectivity index (χ4v) is 3.80. The first kappa shape index (κ1) is 14.9. The van der Waals surface area contributed by atoms with Gasteiger partial charge in [-0.1, -0.05) is 6.07 Å². The lowest BCUT2D eigenvalue weighted by atomic mass is 10.0. The van der Waals surface area contributed by atoms with Crippen molar-refractivity contribution in [3.63, 3.8) is 0 Å². The summed E-state index contributed by atoms with van der Waals surface area (Å²) in [6.07, 6.45) is 3.43. The van der Waals surface area contributed by atoms with E-state index in [1.165, 1.54) is 31.0 Å². The summed E-state index contributed by atoms with van der Waals surface area (Å²) < 4.78 is 28.2. The monoisotopic (exact) mass is 295 g/mol. The van der Waals surface area contributed by atoms with E-state index in [1.54, 1.807) is 0 Å². The van der Waals surface area contributed by atoms with Crippen molar-refractivity contribution in [2.75, 3.05) is 32.7 Å². The Labute approximate surface area is 124 Å². The summed E-state index contributed by atoms with van der Waals surface area (Å²) in [5.74, 6) is -0.976. The summed E-state index contributed by atoms with van der Waals surface area (Å²) in [4.78, 5) is 4.68. The number of halogens is 2. The van der Waals surface area contributed by atoms with Crippen molar-refractivity contribution in [3.8, 4) is 0 Å². The highest BCUT2D eigenvalue weighted by molar-refractivity contribution is 5.24. The molecule has 1 aromatic carbocycles. The second-order valence-electron chi connectivity index (χ2n) is 6.07. The highest BCUT2D eigenvalue weighted by Gasteiger charge is 2.33. The van der Waals surface area contributed by atoms with Gasteiger partial charge in [0.1, 0.15) is 11.6 Å². The number of rotatable bonds is 3. The molecular weight excluding hydrogens is 272 g/mol. The van der Waals surface area contributed by atoms with E-state index in [0.717, 1.165) is 32.6 Å². The van der Waals surface area contributed by atoms with Crippen LogP contribution >= 0.6 is 0 Å². The van der Waals surface area contributed by atoms with Gasteiger partial charge in [0.15, 0.2) is 0 Å². The predicted octanol–water partition coefficient (Wildman–Crippen LogP) is 2.13. The van der Waals surface area contributed by atoms with E-state index >= 15 is 0 Å². The normalized spacial score (nSPS) is 25.6. The van der Waals surface area contributed by atoms with Gasteiger partial charge in [-0.05, 0) is 44.5 Å². The molecule has 0 aromatic heterocycles. The van der Waals surface area contributed by atoms with E-state index in [0.29, 0.717) is 6.04 Å². The minimum Gasteiger partial charge on any atom is -0.329 e. The van der Waals surface area contributed by atoms with Crippen molar-refractivity contribution < 1.29 is 8.78 Å². The van der Waals surface area contributed by atoms with Crippen molar-refractivity contribution in [1.82, 2.24) is 9.80 Å². The Morgan fingerprint density at radius 1 is 1.14 bits per heavy atom. The lowest BCUT2D eigenvalue weighted by Crippen LogP contribution is -2.41. The minimum absolute atomic E-state index is 0.131. The van der Waals surface area contributed by atoms with Gasteiger partial charge in [-0.25, -0.2) is 8.78 Å². The summed E-state index contributed by atoms with van der Waals surface area (Å²) in [5, 5.41) is 0. The van der Waals surface area contributed by atoms with Crippen molar-refractivity contribution in [1.29, 1.82) is 0 Å². The number of benzene rings is 1. The van der Waals surface area contributed by atoms with Gasteiger partial charge in [-0.2, -0.15) is 0 Å².